The fourth-order valence-corrected chi connectivity index (χ4v) is 5.39. The molecule has 0 bridgehead atoms. The van der Waals surface area contributed by atoms with Crippen molar-refractivity contribution in [2.45, 2.75) is 67.6 Å². The van der Waals surface area contributed by atoms with Gasteiger partial charge in [0.15, 0.2) is 29.6 Å². The number of hydrogen-bond donors (Lipinski definition) is 1. The number of carbonyl (C=O) groups excluding carboxylic acids is 4. The molecule has 206 valence electrons. The first-order valence-corrected chi connectivity index (χ1v) is 13.4. The Kier molecular flexibility index (Phi) is 9.99. The molecule has 1 fully saturated rings. The van der Waals surface area contributed by atoms with Crippen LogP contribution in [-0.4, -0.2) is 81.5 Å². The lowest BCUT2D eigenvalue weighted by atomic mass is 9.99. The van der Waals surface area contributed by atoms with E-state index in [1.165, 1.54) is 30.3 Å². The molecular weight excluding hydrogens is 540 g/mol. The second-order valence-electron chi connectivity index (χ2n) is 8.06. The molecule has 0 spiro atoms. The monoisotopic (exact) mass is 568 g/mol. The Balaban J connectivity index is 2.01. The highest BCUT2D eigenvalue weighted by Crippen LogP contribution is 2.38. The molecule has 2 heterocycles. The van der Waals surface area contributed by atoms with E-state index in [9.17, 15) is 19.2 Å². The Bertz CT molecular complexity index is 1190. The van der Waals surface area contributed by atoms with Crippen molar-refractivity contribution in [3.8, 4) is 11.4 Å². The van der Waals surface area contributed by atoms with Gasteiger partial charge in [-0.25, -0.2) is 4.68 Å². The number of esters is 4. The van der Waals surface area contributed by atoms with Crippen LogP contribution in [-0.2, 0) is 42.9 Å². The minimum absolute atomic E-state index is 0.191. The number of rotatable bonds is 9. The van der Waals surface area contributed by atoms with E-state index < -0.39 is 53.7 Å². The Hall–Kier alpha value is -3.30. The first-order valence-electron chi connectivity index (χ1n) is 11.3. The molecule has 2 aromatic rings. The van der Waals surface area contributed by atoms with Gasteiger partial charge in [0.25, 0.3) is 0 Å². The Labute approximate surface area is 227 Å². The van der Waals surface area contributed by atoms with Gasteiger partial charge in [0.2, 0.25) is 5.16 Å². The van der Waals surface area contributed by atoms with E-state index in [0.29, 0.717) is 5.82 Å². The number of nitrogens with two attached hydrogens (primary N) is 1. The Morgan fingerprint density at radius 1 is 0.921 bits per heavy atom. The molecule has 5 atom stereocenters. The molecule has 38 heavy (non-hydrogen) atoms. The van der Waals surface area contributed by atoms with Crippen LogP contribution in [0.25, 0.3) is 11.4 Å². The second kappa shape index (κ2) is 13.0. The molecule has 0 unspecified atom stereocenters. The Morgan fingerprint density at radius 3 is 2.13 bits per heavy atom. The summed E-state index contributed by atoms with van der Waals surface area (Å²) < 4.78 is 28.8. The molecule has 1 aliphatic rings. The molecule has 0 amide bonds. The minimum Gasteiger partial charge on any atom is -0.463 e. The van der Waals surface area contributed by atoms with Crippen LogP contribution >= 0.6 is 23.5 Å². The Morgan fingerprint density at radius 2 is 1.53 bits per heavy atom. The van der Waals surface area contributed by atoms with Crippen LogP contribution in [0.1, 0.15) is 27.7 Å². The van der Waals surface area contributed by atoms with Crippen molar-refractivity contribution in [3.05, 3.63) is 24.3 Å². The molecule has 0 aliphatic carbocycles. The summed E-state index contributed by atoms with van der Waals surface area (Å²) >= 11 is 2.46. The molecule has 3 rings (SSSR count). The zero-order valence-electron chi connectivity index (χ0n) is 21.3. The van der Waals surface area contributed by atoms with Crippen molar-refractivity contribution in [1.29, 1.82) is 0 Å². The molecule has 0 saturated carbocycles. The highest BCUT2D eigenvalue weighted by atomic mass is 32.2. The maximum atomic E-state index is 12.0. The molecule has 1 aromatic carbocycles. The molecule has 1 aromatic heterocycles. The van der Waals surface area contributed by atoms with Gasteiger partial charge in [-0.15, -0.1) is 22.0 Å². The summed E-state index contributed by atoms with van der Waals surface area (Å²) in [6.45, 7) is 4.34. The topological polar surface area (TPSA) is 171 Å². The quantitative estimate of drug-likeness (QED) is 0.200. The van der Waals surface area contributed by atoms with Gasteiger partial charge in [-0.2, -0.15) is 0 Å². The highest BCUT2D eigenvalue weighted by Gasteiger charge is 2.53. The van der Waals surface area contributed by atoms with Crippen molar-refractivity contribution in [2.24, 2.45) is 0 Å². The zero-order chi connectivity index (χ0) is 28.0. The number of benzene rings is 1. The van der Waals surface area contributed by atoms with Crippen LogP contribution in [0.15, 0.2) is 34.3 Å². The fraction of sp³-hybridized carbons (Fsp3) is 0.478. The van der Waals surface area contributed by atoms with Crippen molar-refractivity contribution in [3.63, 3.8) is 0 Å². The standard InChI is InChI=1S/C23H28N4O9S2/c1-11(28)32-10-16-18(33-12(2)29)19(34-13(3)30)20(35-14(4)31)22(36-16)38-23-26-25-21(27(23)24)15-8-6-7-9-17(15)37-5/h6-9,16,18-20,22H,10,24H2,1-5H3/t16-,18-,19+,20-,22+/m1/s1. The third-order valence-electron chi connectivity index (χ3n) is 5.18. The predicted molar refractivity (Wildman–Crippen MR) is 135 cm³/mol. The molecule has 1 aliphatic heterocycles. The van der Waals surface area contributed by atoms with Crippen LogP contribution in [0.3, 0.4) is 0 Å². The normalized spacial score (nSPS) is 22.8. The molecule has 2 N–H and O–H groups in total. The third kappa shape index (κ3) is 7.17. The summed E-state index contributed by atoms with van der Waals surface area (Å²) in [5.74, 6) is 3.97. The van der Waals surface area contributed by atoms with Crippen LogP contribution in [0, 0.1) is 0 Å². The lowest BCUT2D eigenvalue weighted by Gasteiger charge is -2.43. The third-order valence-corrected chi connectivity index (χ3v) is 7.08. The maximum Gasteiger partial charge on any atom is 0.303 e. The summed E-state index contributed by atoms with van der Waals surface area (Å²) in [4.78, 5) is 48.3. The minimum atomic E-state index is -1.29. The van der Waals surface area contributed by atoms with Crippen LogP contribution in [0.4, 0.5) is 0 Å². The maximum absolute atomic E-state index is 12.0. The van der Waals surface area contributed by atoms with E-state index in [0.717, 1.165) is 36.1 Å². The largest absolute Gasteiger partial charge is 0.463 e. The second-order valence-corrected chi connectivity index (χ2v) is 9.98. The molecule has 1 saturated heterocycles. The number of nitrogen functional groups attached to an aromatic ring is 1. The molecule has 13 nitrogen and oxygen atoms in total. The summed E-state index contributed by atoms with van der Waals surface area (Å²) in [5.41, 5.74) is -0.325. The van der Waals surface area contributed by atoms with Crippen molar-refractivity contribution >= 4 is 47.4 Å². The lowest BCUT2D eigenvalue weighted by molar-refractivity contribution is -0.237. The smallest absolute Gasteiger partial charge is 0.303 e. The van der Waals surface area contributed by atoms with E-state index in [4.69, 9.17) is 29.5 Å². The lowest BCUT2D eigenvalue weighted by Crippen LogP contribution is -2.61. The average molecular weight is 569 g/mol. The van der Waals surface area contributed by atoms with Gasteiger partial charge >= 0.3 is 23.9 Å². The van der Waals surface area contributed by atoms with Gasteiger partial charge in [-0.1, -0.05) is 12.1 Å². The van der Waals surface area contributed by atoms with E-state index in [-0.39, 0.29) is 11.8 Å². The number of hydrogen-bond acceptors (Lipinski definition) is 14. The molecule has 0 radical (unpaired) electrons. The summed E-state index contributed by atoms with van der Waals surface area (Å²) in [5, 5.41) is 8.57. The fourth-order valence-electron chi connectivity index (χ4n) is 3.76. The SMILES string of the molecule is CSc1ccccc1-c1nnc(S[C@@H]2O[C@H](COC(C)=O)[C@@H](OC(C)=O)[C@H](OC(C)=O)[C@H]2OC(C)=O)n1N. The van der Waals surface area contributed by atoms with Gasteiger partial charge in [0.05, 0.1) is 0 Å². The summed E-state index contributed by atoms with van der Waals surface area (Å²) in [6, 6.07) is 7.50. The average Bonchev–Trinajstić information content (AvgIpc) is 3.20. The van der Waals surface area contributed by atoms with E-state index in [1.807, 2.05) is 30.5 Å². The first kappa shape index (κ1) is 29.3. The van der Waals surface area contributed by atoms with Crippen molar-refractivity contribution < 1.29 is 42.9 Å². The zero-order valence-corrected chi connectivity index (χ0v) is 22.9. The number of thioether (sulfide) groups is 2. The van der Waals surface area contributed by atoms with Crippen LogP contribution in [0.2, 0.25) is 0 Å². The van der Waals surface area contributed by atoms with Crippen LogP contribution < -0.4 is 5.84 Å². The van der Waals surface area contributed by atoms with E-state index >= 15 is 0 Å². The van der Waals surface area contributed by atoms with Crippen molar-refractivity contribution in [1.82, 2.24) is 14.9 Å². The number of ether oxygens (including phenoxy) is 5. The van der Waals surface area contributed by atoms with Gasteiger partial charge < -0.3 is 29.5 Å². The van der Waals surface area contributed by atoms with Gasteiger partial charge in [-0.05, 0) is 30.2 Å². The van der Waals surface area contributed by atoms with Crippen molar-refractivity contribution in [2.75, 3.05) is 18.7 Å². The van der Waals surface area contributed by atoms with Crippen LogP contribution in [0.5, 0.6) is 0 Å². The molecule has 15 heteroatoms. The first-order chi connectivity index (χ1) is 18.0. The summed E-state index contributed by atoms with van der Waals surface area (Å²) in [6.07, 6.45) is -2.96. The number of aromatic nitrogens is 3. The highest BCUT2D eigenvalue weighted by molar-refractivity contribution is 7.99. The summed E-state index contributed by atoms with van der Waals surface area (Å²) in [7, 11) is 0. The predicted octanol–water partition coefficient (Wildman–Crippen LogP) is 1.56. The van der Waals surface area contributed by atoms with E-state index in [1.54, 1.807) is 0 Å². The van der Waals surface area contributed by atoms with Gasteiger partial charge in [0, 0.05) is 38.2 Å². The van der Waals surface area contributed by atoms with Gasteiger partial charge in [-0.3, -0.25) is 19.2 Å². The van der Waals surface area contributed by atoms with Gasteiger partial charge in [0.1, 0.15) is 12.7 Å². The van der Waals surface area contributed by atoms with E-state index in [2.05, 4.69) is 10.2 Å². The number of carbonyl (C=O) groups is 4. The number of nitrogens with zero attached hydrogens (tertiary/aromatic N) is 3. The molecular formula is C23H28N4O9S2.